The smallest absolute Gasteiger partial charge is 0.322 e. The number of amides is 4. The van der Waals surface area contributed by atoms with E-state index in [9.17, 15) is 14.4 Å². The van der Waals surface area contributed by atoms with Gasteiger partial charge in [-0.3, -0.25) is 14.9 Å². The SMILES string of the molecule is Cc1ccccc1N1CCN(C(=O)CCC2(C)NC(=O)NC2=O)CC1. The summed E-state index contributed by atoms with van der Waals surface area (Å²) >= 11 is 0. The number of nitrogens with one attached hydrogen (secondary N) is 2. The van der Waals surface area contributed by atoms with E-state index in [-0.39, 0.29) is 18.2 Å². The molecule has 3 rings (SSSR count). The molecule has 0 bridgehead atoms. The second kappa shape index (κ2) is 6.74. The summed E-state index contributed by atoms with van der Waals surface area (Å²) in [7, 11) is 0. The summed E-state index contributed by atoms with van der Waals surface area (Å²) in [6, 6.07) is 7.76. The number of urea groups is 1. The Bertz CT molecular complexity index is 697. The highest BCUT2D eigenvalue weighted by Gasteiger charge is 2.42. The Hall–Kier alpha value is -2.57. The maximum atomic E-state index is 12.5. The molecule has 0 aromatic heterocycles. The van der Waals surface area contributed by atoms with Crippen LogP contribution in [0.2, 0.25) is 0 Å². The minimum absolute atomic E-state index is 0.0274. The van der Waals surface area contributed by atoms with Gasteiger partial charge in [-0.2, -0.15) is 0 Å². The molecule has 2 saturated heterocycles. The zero-order chi connectivity index (χ0) is 18.0. The number of carbonyl (C=O) groups excluding carboxylic acids is 3. The summed E-state index contributed by atoms with van der Waals surface area (Å²) in [5.74, 6) is -0.339. The zero-order valence-corrected chi connectivity index (χ0v) is 14.7. The zero-order valence-electron chi connectivity index (χ0n) is 14.7. The number of piperazine rings is 1. The molecule has 2 aliphatic heterocycles. The summed E-state index contributed by atoms with van der Waals surface area (Å²) < 4.78 is 0. The molecule has 25 heavy (non-hydrogen) atoms. The number of nitrogens with zero attached hydrogens (tertiary/aromatic N) is 2. The van der Waals surface area contributed by atoms with Gasteiger partial charge >= 0.3 is 6.03 Å². The minimum Gasteiger partial charge on any atom is -0.368 e. The number of anilines is 1. The van der Waals surface area contributed by atoms with Crippen LogP contribution in [0, 0.1) is 6.92 Å². The largest absolute Gasteiger partial charge is 0.368 e. The van der Waals surface area contributed by atoms with E-state index in [1.54, 1.807) is 6.92 Å². The van der Waals surface area contributed by atoms with Crippen molar-refractivity contribution in [1.29, 1.82) is 0 Å². The molecule has 1 atom stereocenters. The van der Waals surface area contributed by atoms with E-state index in [1.165, 1.54) is 11.3 Å². The summed E-state index contributed by atoms with van der Waals surface area (Å²) in [5, 5.41) is 4.81. The van der Waals surface area contributed by atoms with E-state index in [2.05, 4.69) is 34.6 Å². The first kappa shape index (κ1) is 17.3. The van der Waals surface area contributed by atoms with E-state index in [4.69, 9.17) is 0 Å². The van der Waals surface area contributed by atoms with Crippen molar-refractivity contribution in [3.63, 3.8) is 0 Å². The molecular formula is C18H24N4O3. The van der Waals surface area contributed by atoms with Crippen LogP contribution in [0.1, 0.15) is 25.3 Å². The fourth-order valence-electron chi connectivity index (χ4n) is 3.39. The first-order valence-electron chi connectivity index (χ1n) is 8.61. The van der Waals surface area contributed by atoms with Crippen molar-refractivity contribution in [1.82, 2.24) is 15.5 Å². The molecule has 134 valence electrons. The molecule has 1 aromatic rings. The van der Waals surface area contributed by atoms with Crippen molar-refractivity contribution in [3.05, 3.63) is 29.8 Å². The number of rotatable bonds is 4. The van der Waals surface area contributed by atoms with Crippen LogP contribution in [0.25, 0.3) is 0 Å². The lowest BCUT2D eigenvalue weighted by atomic mass is 9.96. The molecule has 0 saturated carbocycles. The van der Waals surface area contributed by atoms with Crippen LogP contribution < -0.4 is 15.5 Å². The highest BCUT2D eigenvalue weighted by atomic mass is 16.2. The fraction of sp³-hybridized carbons (Fsp3) is 0.500. The standard InChI is InChI=1S/C18H24N4O3/c1-13-5-3-4-6-14(13)21-9-11-22(12-10-21)15(23)7-8-18(2)16(24)19-17(25)20-18/h3-6H,7-12H2,1-2H3,(H2,19,20,24,25). The molecule has 4 amide bonds. The predicted molar refractivity (Wildman–Crippen MR) is 94.3 cm³/mol. The quantitative estimate of drug-likeness (QED) is 0.799. The molecule has 0 aliphatic carbocycles. The first-order valence-corrected chi connectivity index (χ1v) is 8.61. The number of aryl methyl sites for hydroxylation is 1. The van der Waals surface area contributed by atoms with Crippen LogP contribution in [0.5, 0.6) is 0 Å². The van der Waals surface area contributed by atoms with Crippen LogP contribution in [-0.2, 0) is 9.59 Å². The number of imide groups is 1. The summed E-state index contributed by atoms with van der Waals surface area (Å²) in [5.41, 5.74) is 1.46. The molecular weight excluding hydrogens is 320 g/mol. The average Bonchev–Trinajstić information content (AvgIpc) is 2.86. The number of benzene rings is 1. The Labute approximate surface area is 147 Å². The van der Waals surface area contributed by atoms with Gasteiger partial charge in [0.25, 0.3) is 5.91 Å². The van der Waals surface area contributed by atoms with Crippen LogP contribution in [0.15, 0.2) is 24.3 Å². The van der Waals surface area contributed by atoms with Crippen LogP contribution in [0.4, 0.5) is 10.5 Å². The van der Waals surface area contributed by atoms with Gasteiger partial charge in [-0.05, 0) is 31.9 Å². The van der Waals surface area contributed by atoms with E-state index < -0.39 is 11.6 Å². The molecule has 1 unspecified atom stereocenters. The number of para-hydroxylation sites is 1. The molecule has 2 N–H and O–H groups in total. The third-order valence-electron chi connectivity index (χ3n) is 5.05. The summed E-state index contributed by atoms with van der Waals surface area (Å²) in [4.78, 5) is 39.7. The third kappa shape index (κ3) is 3.60. The molecule has 7 nitrogen and oxygen atoms in total. The summed E-state index contributed by atoms with van der Waals surface area (Å²) in [6.45, 7) is 6.67. The predicted octanol–water partition coefficient (Wildman–Crippen LogP) is 1.02. The van der Waals surface area contributed by atoms with Gasteiger partial charge in [0.1, 0.15) is 5.54 Å². The van der Waals surface area contributed by atoms with Crippen molar-refractivity contribution in [2.45, 2.75) is 32.2 Å². The van der Waals surface area contributed by atoms with Gasteiger partial charge in [0.2, 0.25) is 5.91 Å². The van der Waals surface area contributed by atoms with Gasteiger partial charge < -0.3 is 15.1 Å². The van der Waals surface area contributed by atoms with Gasteiger partial charge in [-0.15, -0.1) is 0 Å². The van der Waals surface area contributed by atoms with Gasteiger partial charge in [0, 0.05) is 38.3 Å². The Balaban J connectivity index is 1.51. The van der Waals surface area contributed by atoms with E-state index in [1.807, 2.05) is 17.0 Å². The highest BCUT2D eigenvalue weighted by Crippen LogP contribution is 2.22. The van der Waals surface area contributed by atoms with Crippen LogP contribution >= 0.6 is 0 Å². The fourth-order valence-corrected chi connectivity index (χ4v) is 3.39. The van der Waals surface area contributed by atoms with Crippen LogP contribution in [-0.4, -0.2) is 54.5 Å². The van der Waals surface area contributed by atoms with Gasteiger partial charge in [0.15, 0.2) is 0 Å². The van der Waals surface area contributed by atoms with Crippen molar-refractivity contribution in [2.75, 3.05) is 31.1 Å². The van der Waals surface area contributed by atoms with Gasteiger partial charge in [-0.25, -0.2) is 4.79 Å². The number of hydrogen-bond acceptors (Lipinski definition) is 4. The maximum Gasteiger partial charge on any atom is 0.322 e. The van der Waals surface area contributed by atoms with Crippen molar-refractivity contribution in [2.24, 2.45) is 0 Å². The Kier molecular flexibility index (Phi) is 4.65. The lowest BCUT2D eigenvalue weighted by molar-refractivity contribution is -0.132. The molecule has 7 heteroatoms. The second-order valence-electron chi connectivity index (χ2n) is 6.89. The number of hydrogen-bond donors (Lipinski definition) is 2. The lowest BCUT2D eigenvalue weighted by Gasteiger charge is -2.37. The molecule has 0 radical (unpaired) electrons. The Morgan fingerprint density at radius 1 is 1.16 bits per heavy atom. The maximum absolute atomic E-state index is 12.5. The molecule has 2 heterocycles. The van der Waals surface area contributed by atoms with Crippen molar-refractivity contribution in [3.8, 4) is 0 Å². The molecule has 2 aliphatic rings. The first-order chi connectivity index (χ1) is 11.9. The normalized spacial score (nSPS) is 23.4. The van der Waals surface area contributed by atoms with Crippen molar-refractivity contribution < 1.29 is 14.4 Å². The topological polar surface area (TPSA) is 81.8 Å². The van der Waals surface area contributed by atoms with Gasteiger partial charge in [0.05, 0.1) is 0 Å². The Morgan fingerprint density at radius 2 is 1.84 bits per heavy atom. The highest BCUT2D eigenvalue weighted by molar-refractivity contribution is 6.06. The minimum atomic E-state index is -0.990. The molecule has 2 fully saturated rings. The summed E-state index contributed by atoms with van der Waals surface area (Å²) in [6.07, 6.45) is 0.552. The van der Waals surface area contributed by atoms with E-state index in [0.29, 0.717) is 19.5 Å². The van der Waals surface area contributed by atoms with Crippen LogP contribution in [0.3, 0.4) is 0 Å². The van der Waals surface area contributed by atoms with E-state index in [0.717, 1.165) is 13.1 Å². The Morgan fingerprint density at radius 3 is 2.44 bits per heavy atom. The average molecular weight is 344 g/mol. The van der Waals surface area contributed by atoms with Gasteiger partial charge in [-0.1, -0.05) is 18.2 Å². The molecule has 0 spiro atoms. The number of carbonyl (C=O) groups is 3. The second-order valence-corrected chi connectivity index (χ2v) is 6.89. The lowest BCUT2D eigenvalue weighted by Crippen LogP contribution is -2.50. The third-order valence-corrected chi connectivity index (χ3v) is 5.05. The van der Waals surface area contributed by atoms with Crippen molar-refractivity contribution >= 4 is 23.5 Å². The monoisotopic (exact) mass is 344 g/mol. The van der Waals surface area contributed by atoms with E-state index >= 15 is 0 Å². The molecule has 1 aromatic carbocycles.